The maximum atomic E-state index is 11.6. The quantitative estimate of drug-likeness (QED) is 0.569. The number of rotatable bonds is 1. The first kappa shape index (κ1) is 10.2. The summed E-state index contributed by atoms with van der Waals surface area (Å²) in [5, 5.41) is 0. The number of hydrogen-bond donors (Lipinski definition) is 0. The lowest BCUT2D eigenvalue weighted by Crippen LogP contribution is -2.24. The van der Waals surface area contributed by atoms with Crippen molar-refractivity contribution in [2.75, 3.05) is 0 Å². The molecular formula is C11H17NO. The third-order valence-corrected chi connectivity index (χ3v) is 2.42. The van der Waals surface area contributed by atoms with Crippen molar-refractivity contribution >= 4 is 12.0 Å². The Bertz CT molecular complexity index is 284. The van der Waals surface area contributed by atoms with E-state index < -0.39 is 0 Å². The van der Waals surface area contributed by atoms with Gasteiger partial charge >= 0.3 is 0 Å². The third-order valence-electron chi connectivity index (χ3n) is 2.42. The molecule has 0 saturated carbocycles. The van der Waals surface area contributed by atoms with Crippen LogP contribution in [-0.4, -0.2) is 12.0 Å². The summed E-state index contributed by atoms with van der Waals surface area (Å²) in [6, 6.07) is 0. The Kier molecular flexibility index (Phi) is 2.69. The zero-order valence-electron chi connectivity index (χ0n) is 8.85. The summed E-state index contributed by atoms with van der Waals surface area (Å²) < 4.78 is 0. The summed E-state index contributed by atoms with van der Waals surface area (Å²) in [6.45, 7) is 7.98. The van der Waals surface area contributed by atoms with E-state index in [1.54, 1.807) is 6.21 Å². The minimum Gasteiger partial charge on any atom is -0.294 e. The summed E-state index contributed by atoms with van der Waals surface area (Å²) in [5.41, 5.74) is 1.89. The fourth-order valence-corrected chi connectivity index (χ4v) is 1.67. The van der Waals surface area contributed by atoms with Gasteiger partial charge in [-0.05, 0) is 25.7 Å². The number of Topliss-reactive ketones (excluding diaryl/α,β-unsaturated/α-hetero) is 1. The van der Waals surface area contributed by atoms with E-state index in [0.717, 1.165) is 17.7 Å². The average molecular weight is 179 g/mol. The van der Waals surface area contributed by atoms with E-state index in [2.05, 4.69) is 18.8 Å². The zero-order chi connectivity index (χ0) is 10.1. The normalized spacial score (nSPS) is 22.9. The molecule has 0 aromatic rings. The highest BCUT2D eigenvalue weighted by atomic mass is 16.1. The van der Waals surface area contributed by atoms with Crippen molar-refractivity contribution < 1.29 is 4.79 Å². The van der Waals surface area contributed by atoms with Gasteiger partial charge in [0.25, 0.3) is 0 Å². The molecule has 0 unspecified atom stereocenters. The minimum absolute atomic E-state index is 0.0818. The fourth-order valence-electron chi connectivity index (χ4n) is 1.67. The molecule has 1 aliphatic carbocycles. The highest BCUT2D eigenvalue weighted by Crippen LogP contribution is 2.36. The Labute approximate surface area is 79.8 Å². The molecule has 0 amide bonds. The summed E-state index contributed by atoms with van der Waals surface area (Å²) >= 11 is 0. The molecule has 0 atom stereocenters. The van der Waals surface area contributed by atoms with Gasteiger partial charge < -0.3 is 0 Å². The van der Waals surface area contributed by atoms with Crippen molar-refractivity contribution in [2.24, 2.45) is 10.4 Å². The fraction of sp³-hybridized carbons (Fsp3) is 0.636. The summed E-state index contributed by atoms with van der Waals surface area (Å²) in [6.07, 6.45) is 3.32. The van der Waals surface area contributed by atoms with Crippen molar-refractivity contribution in [1.82, 2.24) is 0 Å². The maximum absolute atomic E-state index is 11.6. The van der Waals surface area contributed by atoms with E-state index in [9.17, 15) is 4.79 Å². The largest absolute Gasteiger partial charge is 0.294 e. The summed E-state index contributed by atoms with van der Waals surface area (Å²) in [7, 11) is 0. The van der Waals surface area contributed by atoms with Crippen LogP contribution in [0.2, 0.25) is 0 Å². The molecule has 0 spiro atoms. The molecule has 0 fully saturated rings. The van der Waals surface area contributed by atoms with Crippen LogP contribution >= 0.6 is 0 Å². The second-order valence-corrected chi connectivity index (χ2v) is 4.40. The molecular weight excluding hydrogens is 162 g/mol. The van der Waals surface area contributed by atoms with E-state index in [0.29, 0.717) is 6.42 Å². The monoisotopic (exact) mass is 179 g/mol. The average Bonchev–Trinajstić information content (AvgIpc) is 1.99. The van der Waals surface area contributed by atoms with Crippen molar-refractivity contribution in [2.45, 2.75) is 40.5 Å². The molecule has 0 saturated heterocycles. The Morgan fingerprint density at radius 2 is 2.00 bits per heavy atom. The molecule has 0 aliphatic heterocycles. The number of nitrogens with zero attached hydrogens (tertiary/aromatic N) is 1. The number of hydrogen-bond acceptors (Lipinski definition) is 2. The van der Waals surface area contributed by atoms with Crippen LogP contribution in [0.4, 0.5) is 0 Å². The van der Waals surface area contributed by atoms with E-state index in [4.69, 9.17) is 0 Å². The smallest absolute Gasteiger partial charge is 0.160 e. The van der Waals surface area contributed by atoms with Gasteiger partial charge in [0, 0.05) is 23.9 Å². The van der Waals surface area contributed by atoms with Gasteiger partial charge in [0.15, 0.2) is 5.78 Å². The predicted molar refractivity (Wildman–Crippen MR) is 54.9 cm³/mol. The van der Waals surface area contributed by atoms with E-state index >= 15 is 0 Å². The molecule has 0 heterocycles. The van der Waals surface area contributed by atoms with Gasteiger partial charge in [-0.2, -0.15) is 0 Å². The van der Waals surface area contributed by atoms with Crippen LogP contribution in [0, 0.1) is 5.41 Å². The highest BCUT2D eigenvalue weighted by molar-refractivity contribution is 5.97. The summed E-state index contributed by atoms with van der Waals surface area (Å²) in [5.74, 6) is 0.247. The number of aliphatic imine (C=N–C) groups is 1. The first-order chi connectivity index (χ1) is 5.96. The molecule has 0 aromatic heterocycles. The molecule has 72 valence electrons. The highest BCUT2D eigenvalue weighted by Gasteiger charge is 2.30. The van der Waals surface area contributed by atoms with Crippen LogP contribution in [0.1, 0.15) is 40.5 Å². The Morgan fingerprint density at radius 1 is 1.38 bits per heavy atom. The topological polar surface area (TPSA) is 29.4 Å². The van der Waals surface area contributed by atoms with Gasteiger partial charge in [-0.1, -0.05) is 13.8 Å². The third kappa shape index (κ3) is 2.27. The summed E-state index contributed by atoms with van der Waals surface area (Å²) in [4.78, 5) is 15.8. The standard InChI is InChI=1S/C11H17NO/c1-5-12-9-6-11(3,4)7-10(13)8(9)2/h5H,6-7H2,1-4H3/b12-5-. The second kappa shape index (κ2) is 3.44. The lowest BCUT2D eigenvalue weighted by atomic mass is 9.76. The number of carbonyl (C=O) groups excluding carboxylic acids is 1. The zero-order valence-corrected chi connectivity index (χ0v) is 8.85. The molecule has 0 N–H and O–H groups in total. The lowest BCUT2D eigenvalue weighted by Gasteiger charge is -2.29. The number of carbonyl (C=O) groups is 1. The molecule has 2 heteroatoms. The van der Waals surface area contributed by atoms with Gasteiger partial charge in [-0.3, -0.25) is 9.79 Å². The molecule has 1 aliphatic rings. The van der Waals surface area contributed by atoms with Crippen molar-refractivity contribution in [3.05, 3.63) is 11.3 Å². The van der Waals surface area contributed by atoms with E-state index in [1.165, 1.54) is 0 Å². The first-order valence-electron chi connectivity index (χ1n) is 4.68. The SMILES string of the molecule is C/C=N\C1=C(C)C(=O)CC(C)(C)C1. The van der Waals surface area contributed by atoms with Crippen LogP contribution < -0.4 is 0 Å². The van der Waals surface area contributed by atoms with E-state index in [1.807, 2.05) is 13.8 Å². The molecule has 0 aromatic carbocycles. The van der Waals surface area contributed by atoms with Crippen molar-refractivity contribution in [3.63, 3.8) is 0 Å². The molecule has 1 rings (SSSR count). The van der Waals surface area contributed by atoms with Gasteiger partial charge in [-0.15, -0.1) is 0 Å². The molecule has 2 nitrogen and oxygen atoms in total. The Morgan fingerprint density at radius 3 is 2.54 bits per heavy atom. The molecule has 0 bridgehead atoms. The van der Waals surface area contributed by atoms with Crippen LogP contribution in [-0.2, 0) is 4.79 Å². The van der Waals surface area contributed by atoms with Crippen molar-refractivity contribution in [1.29, 1.82) is 0 Å². The van der Waals surface area contributed by atoms with Gasteiger partial charge in [0.2, 0.25) is 0 Å². The lowest BCUT2D eigenvalue weighted by molar-refractivity contribution is -0.118. The second-order valence-electron chi connectivity index (χ2n) is 4.40. The number of ketones is 1. The molecule has 13 heavy (non-hydrogen) atoms. The van der Waals surface area contributed by atoms with Gasteiger partial charge in [0.1, 0.15) is 0 Å². The van der Waals surface area contributed by atoms with E-state index in [-0.39, 0.29) is 11.2 Å². The van der Waals surface area contributed by atoms with Crippen LogP contribution in [0.25, 0.3) is 0 Å². The van der Waals surface area contributed by atoms with Crippen molar-refractivity contribution in [3.8, 4) is 0 Å². The number of allylic oxidation sites excluding steroid dienone is 2. The Balaban J connectivity index is 3.02. The maximum Gasteiger partial charge on any atom is 0.160 e. The van der Waals surface area contributed by atoms with Crippen LogP contribution in [0.3, 0.4) is 0 Å². The molecule has 0 radical (unpaired) electrons. The predicted octanol–water partition coefficient (Wildman–Crippen LogP) is 2.74. The Hall–Kier alpha value is -0.920. The first-order valence-corrected chi connectivity index (χ1v) is 4.68. The van der Waals surface area contributed by atoms with Gasteiger partial charge in [0.05, 0.1) is 0 Å². The minimum atomic E-state index is 0.0818. The van der Waals surface area contributed by atoms with Gasteiger partial charge in [-0.25, -0.2) is 0 Å². The van der Waals surface area contributed by atoms with Crippen LogP contribution in [0.15, 0.2) is 16.3 Å². The van der Waals surface area contributed by atoms with Crippen LogP contribution in [0.5, 0.6) is 0 Å².